The highest BCUT2D eigenvalue weighted by Gasteiger charge is 2.04. The van der Waals surface area contributed by atoms with Crippen molar-refractivity contribution in [2.24, 2.45) is 0 Å². The van der Waals surface area contributed by atoms with Gasteiger partial charge in [0.05, 0.1) is 23.1 Å². The van der Waals surface area contributed by atoms with E-state index >= 15 is 0 Å². The zero-order chi connectivity index (χ0) is 12.1. The molecule has 0 aliphatic carbocycles. The third-order valence-corrected chi connectivity index (χ3v) is 3.21. The van der Waals surface area contributed by atoms with E-state index in [-0.39, 0.29) is 0 Å². The van der Waals surface area contributed by atoms with Gasteiger partial charge >= 0.3 is 0 Å². The first-order valence-corrected chi connectivity index (χ1v) is 5.91. The van der Waals surface area contributed by atoms with Crippen LogP contribution in [-0.2, 0) is 5.75 Å². The fraction of sp³-hybridized carbons (Fsp3) is 0.0769. The van der Waals surface area contributed by atoms with Crippen LogP contribution in [0.2, 0.25) is 0 Å². The molecule has 4 heteroatoms. The Morgan fingerprint density at radius 2 is 1.94 bits per heavy atom. The molecule has 17 heavy (non-hydrogen) atoms. The molecule has 1 heterocycles. The van der Waals surface area contributed by atoms with Gasteiger partial charge in [0.15, 0.2) is 0 Å². The average Bonchev–Trinajstić information content (AvgIpc) is 2.89. The van der Waals surface area contributed by atoms with E-state index in [0.29, 0.717) is 16.9 Å². The summed E-state index contributed by atoms with van der Waals surface area (Å²) in [6.45, 7) is 0. The number of hydrogen-bond acceptors (Lipinski definition) is 4. The Hall–Kier alpha value is -2.17. The molecule has 0 saturated carbocycles. The highest BCUT2D eigenvalue weighted by Crippen LogP contribution is 2.24. The Labute approximate surface area is 103 Å². The molecular weight excluding hydrogens is 232 g/mol. The number of thioether (sulfide) groups is 1. The fourth-order valence-electron chi connectivity index (χ4n) is 1.35. The van der Waals surface area contributed by atoms with Gasteiger partial charge in [0, 0.05) is 4.90 Å². The van der Waals surface area contributed by atoms with Gasteiger partial charge in [-0.05, 0) is 30.3 Å². The SMILES string of the molecule is N#Cc1ccc(SCc2ccco2)cc1C#N. The van der Waals surface area contributed by atoms with Crippen LogP contribution >= 0.6 is 11.8 Å². The van der Waals surface area contributed by atoms with Gasteiger partial charge < -0.3 is 4.42 Å². The van der Waals surface area contributed by atoms with Gasteiger partial charge in [0.25, 0.3) is 0 Å². The van der Waals surface area contributed by atoms with Crippen molar-refractivity contribution in [1.29, 1.82) is 10.5 Å². The quantitative estimate of drug-likeness (QED) is 0.772. The van der Waals surface area contributed by atoms with Gasteiger partial charge in [-0.25, -0.2) is 0 Å². The lowest BCUT2D eigenvalue weighted by Gasteiger charge is -2.01. The summed E-state index contributed by atoms with van der Waals surface area (Å²) in [4.78, 5) is 0.956. The van der Waals surface area contributed by atoms with Gasteiger partial charge in [-0.1, -0.05) is 0 Å². The largest absolute Gasteiger partial charge is 0.468 e. The topological polar surface area (TPSA) is 60.7 Å². The van der Waals surface area contributed by atoms with Crippen molar-refractivity contribution in [2.45, 2.75) is 10.6 Å². The minimum Gasteiger partial charge on any atom is -0.468 e. The molecule has 0 atom stereocenters. The molecule has 0 N–H and O–H groups in total. The summed E-state index contributed by atoms with van der Waals surface area (Å²) in [5, 5.41) is 17.7. The van der Waals surface area contributed by atoms with E-state index in [1.165, 1.54) is 0 Å². The van der Waals surface area contributed by atoms with E-state index < -0.39 is 0 Å². The van der Waals surface area contributed by atoms with Crippen LogP contribution in [-0.4, -0.2) is 0 Å². The van der Waals surface area contributed by atoms with Crippen molar-refractivity contribution < 1.29 is 4.42 Å². The molecule has 0 fully saturated rings. The maximum Gasteiger partial charge on any atom is 0.113 e. The number of benzene rings is 1. The summed E-state index contributed by atoms with van der Waals surface area (Å²) >= 11 is 1.57. The van der Waals surface area contributed by atoms with Crippen molar-refractivity contribution in [2.75, 3.05) is 0 Å². The van der Waals surface area contributed by atoms with Crippen molar-refractivity contribution >= 4 is 11.8 Å². The van der Waals surface area contributed by atoms with Gasteiger partial charge in [-0.2, -0.15) is 10.5 Å². The molecular formula is C13H8N2OS. The zero-order valence-electron chi connectivity index (χ0n) is 8.88. The molecule has 0 aliphatic heterocycles. The maximum atomic E-state index is 8.90. The second-order valence-corrected chi connectivity index (χ2v) is 4.35. The van der Waals surface area contributed by atoms with E-state index in [4.69, 9.17) is 14.9 Å². The standard InChI is InChI=1S/C13H8N2OS/c14-7-10-3-4-13(6-11(10)8-15)17-9-12-2-1-5-16-12/h1-6H,9H2. The highest BCUT2D eigenvalue weighted by atomic mass is 32.2. The van der Waals surface area contributed by atoms with Gasteiger partial charge in [-0.3, -0.25) is 0 Å². The zero-order valence-corrected chi connectivity index (χ0v) is 9.70. The molecule has 2 rings (SSSR count). The number of furan rings is 1. The summed E-state index contributed by atoms with van der Waals surface area (Å²) < 4.78 is 5.22. The van der Waals surface area contributed by atoms with Crippen LogP contribution in [0.1, 0.15) is 16.9 Å². The molecule has 0 bridgehead atoms. The lowest BCUT2D eigenvalue weighted by Crippen LogP contribution is -1.84. The molecule has 0 saturated heterocycles. The minimum atomic E-state index is 0.412. The number of nitriles is 2. The third kappa shape index (κ3) is 2.69. The molecule has 2 aromatic rings. The monoisotopic (exact) mass is 240 g/mol. The summed E-state index contributed by atoms with van der Waals surface area (Å²) in [5.74, 6) is 1.60. The highest BCUT2D eigenvalue weighted by molar-refractivity contribution is 7.98. The van der Waals surface area contributed by atoms with E-state index in [0.717, 1.165) is 10.7 Å². The summed E-state index contributed by atoms with van der Waals surface area (Å²) in [5.41, 5.74) is 0.826. The second kappa shape index (κ2) is 5.25. The average molecular weight is 240 g/mol. The molecule has 0 radical (unpaired) electrons. The van der Waals surface area contributed by atoms with Gasteiger partial charge in [-0.15, -0.1) is 11.8 Å². The Morgan fingerprint density at radius 3 is 2.59 bits per heavy atom. The summed E-state index contributed by atoms with van der Waals surface area (Å²) in [6.07, 6.45) is 1.63. The summed E-state index contributed by atoms with van der Waals surface area (Å²) in [6, 6.07) is 13.0. The smallest absolute Gasteiger partial charge is 0.113 e. The molecule has 0 spiro atoms. The van der Waals surface area contributed by atoms with Crippen LogP contribution in [0.5, 0.6) is 0 Å². The Balaban J connectivity index is 2.13. The molecule has 3 nitrogen and oxygen atoms in total. The number of rotatable bonds is 3. The Kier molecular flexibility index (Phi) is 3.49. The normalized spacial score (nSPS) is 9.53. The first-order valence-electron chi connectivity index (χ1n) is 4.93. The number of nitrogens with zero attached hydrogens (tertiary/aromatic N) is 2. The summed E-state index contributed by atoms with van der Waals surface area (Å²) in [7, 11) is 0. The maximum absolute atomic E-state index is 8.90. The molecule has 0 unspecified atom stereocenters. The fourth-order valence-corrected chi connectivity index (χ4v) is 2.19. The Bertz CT molecular complexity index is 591. The molecule has 82 valence electrons. The van der Waals surface area contributed by atoms with Crippen LogP contribution in [0, 0.1) is 22.7 Å². The Morgan fingerprint density at radius 1 is 1.12 bits per heavy atom. The molecule has 1 aromatic heterocycles. The van der Waals surface area contributed by atoms with Crippen LogP contribution in [0.4, 0.5) is 0 Å². The van der Waals surface area contributed by atoms with Gasteiger partial charge in [0.2, 0.25) is 0 Å². The van der Waals surface area contributed by atoms with Crippen LogP contribution in [0.3, 0.4) is 0 Å². The lowest BCUT2D eigenvalue weighted by molar-refractivity contribution is 0.530. The van der Waals surface area contributed by atoms with E-state index in [1.54, 1.807) is 30.2 Å². The first-order chi connectivity index (χ1) is 8.33. The van der Waals surface area contributed by atoms with Crippen molar-refractivity contribution in [3.8, 4) is 12.1 Å². The molecule has 0 amide bonds. The second-order valence-electron chi connectivity index (χ2n) is 3.30. The molecule has 0 aliphatic rings. The van der Waals surface area contributed by atoms with Crippen molar-refractivity contribution in [3.63, 3.8) is 0 Å². The third-order valence-electron chi connectivity index (χ3n) is 2.19. The van der Waals surface area contributed by atoms with E-state index in [9.17, 15) is 0 Å². The van der Waals surface area contributed by atoms with Crippen molar-refractivity contribution in [3.05, 3.63) is 53.5 Å². The van der Waals surface area contributed by atoms with Crippen LogP contribution in [0.25, 0.3) is 0 Å². The lowest BCUT2D eigenvalue weighted by atomic mass is 10.1. The predicted octanol–water partition coefficient (Wildman–Crippen LogP) is 3.32. The van der Waals surface area contributed by atoms with Gasteiger partial charge in [0.1, 0.15) is 17.9 Å². The molecule has 1 aromatic carbocycles. The van der Waals surface area contributed by atoms with E-state index in [2.05, 4.69) is 0 Å². The first kappa shape index (κ1) is 11.3. The van der Waals surface area contributed by atoms with Crippen LogP contribution in [0.15, 0.2) is 45.9 Å². The number of hydrogen-bond donors (Lipinski definition) is 0. The van der Waals surface area contributed by atoms with Crippen molar-refractivity contribution in [1.82, 2.24) is 0 Å². The predicted molar refractivity (Wildman–Crippen MR) is 64.1 cm³/mol. The minimum absolute atomic E-state index is 0.412. The van der Waals surface area contributed by atoms with E-state index in [1.807, 2.05) is 30.3 Å². The van der Waals surface area contributed by atoms with Crippen LogP contribution < -0.4 is 0 Å².